The van der Waals surface area contributed by atoms with E-state index in [1.807, 2.05) is 0 Å². The third kappa shape index (κ3) is 6.06. The summed E-state index contributed by atoms with van der Waals surface area (Å²) in [6.45, 7) is 14.0. The van der Waals surface area contributed by atoms with E-state index in [-0.39, 0.29) is 5.41 Å². The Balaban J connectivity index is 2.90. The van der Waals surface area contributed by atoms with Crippen molar-refractivity contribution in [1.82, 2.24) is 0 Å². The van der Waals surface area contributed by atoms with Gasteiger partial charge in [-0.2, -0.15) is 0 Å². The molecule has 0 aliphatic rings. The third-order valence-electron chi connectivity index (χ3n) is 3.10. The van der Waals surface area contributed by atoms with E-state index in [9.17, 15) is 0 Å². The van der Waals surface area contributed by atoms with Crippen molar-refractivity contribution in [2.24, 2.45) is 5.41 Å². The van der Waals surface area contributed by atoms with Crippen LogP contribution in [0.1, 0.15) is 32.3 Å². The Labute approximate surface area is 120 Å². The monoisotopic (exact) mass is 272 g/mol. The van der Waals surface area contributed by atoms with Gasteiger partial charge in [-0.1, -0.05) is 94.7 Å². The lowest BCUT2D eigenvalue weighted by Crippen LogP contribution is -2.16. The number of hydrogen-bond acceptors (Lipinski definition) is 0. The minimum absolute atomic E-state index is 0.241. The molecule has 0 aliphatic heterocycles. The summed E-state index contributed by atoms with van der Waals surface area (Å²) >= 11 is 0. The lowest BCUT2D eigenvalue weighted by atomic mass is 9.76. The molecule has 104 valence electrons. The highest BCUT2D eigenvalue weighted by Gasteiger charge is 2.23. The average molecular weight is 273 g/mol. The Bertz CT molecular complexity index is 427. The summed E-state index contributed by atoms with van der Waals surface area (Å²) in [7, 11) is -1.09. The first-order chi connectivity index (χ1) is 8.70. The zero-order valence-electron chi connectivity index (χ0n) is 13.3. The van der Waals surface area contributed by atoms with E-state index in [1.54, 1.807) is 0 Å². The predicted molar refractivity (Wildman–Crippen MR) is 90.3 cm³/mol. The SMILES string of the molecule is CC(C)(C)C(/C=C/C=C/[Si](C)(C)C)c1ccccc1. The fourth-order valence-electron chi connectivity index (χ4n) is 2.08. The van der Waals surface area contributed by atoms with Gasteiger partial charge >= 0.3 is 0 Å². The summed E-state index contributed by atoms with van der Waals surface area (Å²) in [4.78, 5) is 0. The second kappa shape index (κ2) is 6.38. The molecule has 0 bridgehead atoms. The zero-order valence-corrected chi connectivity index (χ0v) is 14.3. The van der Waals surface area contributed by atoms with Crippen LogP contribution in [0.25, 0.3) is 0 Å². The molecule has 0 radical (unpaired) electrons. The Kier molecular flexibility index (Phi) is 5.36. The van der Waals surface area contributed by atoms with Gasteiger partial charge in [0, 0.05) is 5.92 Å². The van der Waals surface area contributed by atoms with Gasteiger partial charge in [0.2, 0.25) is 0 Å². The van der Waals surface area contributed by atoms with Crippen molar-refractivity contribution in [1.29, 1.82) is 0 Å². The van der Waals surface area contributed by atoms with Gasteiger partial charge in [-0.15, -0.1) is 0 Å². The molecule has 19 heavy (non-hydrogen) atoms. The maximum atomic E-state index is 2.38. The van der Waals surface area contributed by atoms with Crippen molar-refractivity contribution in [2.45, 2.75) is 46.3 Å². The first-order valence-corrected chi connectivity index (χ1v) is 10.7. The van der Waals surface area contributed by atoms with E-state index < -0.39 is 8.07 Å². The third-order valence-corrected chi connectivity index (χ3v) is 4.30. The topological polar surface area (TPSA) is 0 Å². The fraction of sp³-hybridized carbons (Fsp3) is 0.444. The molecule has 1 atom stereocenters. The lowest BCUT2D eigenvalue weighted by molar-refractivity contribution is 0.366. The van der Waals surface area contributed by atoms with Crippen molar-refractivity contribution in [3.8, 4) is 0 Å². The van der Waals surface area contributed by atoms with Crippen LogP contribution in [0.5, 0.6) is 0 Å². The molecular formula is C18H28Si. The van der Waals surface area contributed by atoms with E-state index in [4.69, 9.17) is 0 Å². The molecule has 0 heterocycles. The van der Waals surface area contributed by atoms with Crippen LogP contribution in [-0.2, 0) is 0 Å². The largest absolute Gasteiger partial charge is 0.0950 e. The molecule has 0 saturated heterocycles. The van der Waals surface area contributed by atoms with Gasteiger partial charge in [0.25, 0.3) is 0 Å². The van der Waals surface area contributed by atoms with E-state index in [0.29, 0.717) is 5.92 Å². The van der Waals surface area contributed by atoms with Crippen LogP contribution in [0.15, 0.2) is 54.3 Å². The first kappa shape index (κ1) is 16.0. The van der Waals surface area contributed by atoms with Crippen molar-refractivity contribution in [2.75, 3.05) is 0 Å². The highest BCUT2D eigenvalue weighted by molar-refractivity contribution is 6.80. The molecule has 0 saturated carbocycles. The summed E-state index contributed by atoms with van der Waals surface area (Å²) in [5, 5.41) is 0. The van der Waals surface area contributed by atoms with E-state index >= 15 is 0 Å². The van der Waals surface area contributed by atoms with Gasteiger partial charge in [-0.3, -0.25) is 0 Å². The Morgan fingerprint density at radius 3 is 2.00 bits per heavy atom. The number of allylic oxidation sites excluding steroid dienone is 3. The molecule has 0 spiro atoms. The average Bonchev–Trinajstić information content (AvgIpc) is 2.26. The summed E-state index contributed by atoms with van der Waals surface area (Å²) in [6.07, 6.45) is 6.79. The maximum Gasteiger partial charge on any atom is 0.0686 e. The van der Waals surface area contributed by atoms with E-state index in [2.05, 4.69) is 94.7 Å². The Morgan fingerprint density at radius 1 is 0.947 bits per heavy atom. The fourth-order valence-corrected chi connectivity index (χ4v) is 2.77. The quantitative estimate of drug-likeness (QED) is 0.479. The summed E-state index contributed by atoms with van der Waals surface area (Å²) in [5.74, 6) is 0.458. The summed E-state index contributed by atoms with van der Waals surface area (Å²) < 4.78 is 0. The molecule has 0 fully saturated rings. The highest BCUT2D eigenvalue weighted by Crippen LogP contribution is 2.36. The number of benzene rings is 1. The molecule has 1 aromatic carbocycles. The van der Waals surface area contributed by atoms with Gasteiger partial charge in [-0.05, 0) is 11.0 Å². The lowest BCUT2D eigenvalue weighted by Gasteiger charge is -2.28. The van der Waals surface area contributed by atoms with Crippen LogP contribution in [-0.4, -0.2) is 8.07 Å². The molecule has 1 rings (SSSR count). The minimum atomic E-state index is -1.09. The summed E-state index contributed by atoms with van der Waals surface area (Å²) in [6, 6.07) is 10.8. The van der Waals surface area contributed by atoms with Crippen LogP contribution in [0.4, 0.5) is 0 Å². The second-order valence-corrected chi connectivity index (χ2v) is 12.4. The van der Waals surface area contributed by atoms with Gasteiger partial charge in [0.15, 0.2) is 0 Å². The normalized spacial score (nSPS) is 15.3. The van der Waals surface area contributed by atoms with Crippen LogP contribution >= 0.6 is 0 Å². The highest BCUT2D eigenvalue weighted by atomic mass is 28.3. The van der Waals surface area contributed by atoms with Crippen LogP contribution in [0.3, 0.4) is 0 Å². The molecular weight excluding hydrogens is 244 g/mol. The zero-order chi connectivity index (χ0) is 14.5. The van der Waals surface area contributed by atoms with Crippen molar-refractivity contribution in [3.05, 3.63) is 59.8 Å². The number of hydrogen-bond donors (Lipinski definition) is 0. The molecule has 0 nitrogen and oxygen atoms in total. The maximum absolute atomic E-state index is 2.38. The van der Waals surface area contributed by atoms with Crippen LogP contribution < -0.4 is 0 Å². The van der Waals surface area contributed by atoms with Crippen molar-refractivity contribution < 1.29 is 0 Å². The van der Waals surface area contributed by atoms with Crippen molar-refractivity contribution in [3.63, 3.8) is 0 Å². The minimum Gasteiger partial charge on any atom is -0.0950 e. The van der Waals surface area contributed by atoms with E-state index in [1.165, 1.54) is 5.56 Å². The first-order valence-electron chi connectivity index (χ1n) is 7.11. The van der Waals surface area contributed by atoms with Gasteiger partial charge in [0.05, 0.1) is 8.07 Å². The second-order valence-electron chi connectivity index (χ2n) is 7.36. The molecule has 0 aromatic heterocycles. The Morgan fingerprint density at radius 2 is 1.53 bits per heavy atom. The molecule has 0 aliphatic carbocycles. The van der Waals surface area contributed by atoms with Gasteiger partial charge < -0.3 is 0 Å². The molecule has 1 heteroatoms. The Hall–Kier alpha value is -1.08. The standard InChI is InChI=1S/C18H28Si/c1-18(2,3)17(16-12-8-7-9-13-16)14-10-11-15-19(4,5)6/h7-15,17H,1-6H3/b14-10+,15-11+. The van der Waals surface area contributed by atoms with E-state index in [0.717, 1.165) is 0 Å². The molecule has 0 amide bonds. The predicted octanol–water partition coefficient (Wildman–Crippen LogP) is 5.81. The van der Waals surface area contributed by atoms with Crippen LogP contribution in [0, 0.1) is 5.41 Å². The smallest absolute Gasteiger partial charge is 0.0686 e. The molecule has 1 unspecified atom stereocenters. The van der Waals surface area contributed by atoms with Crippen LogP contribution in [0.2, 0.25) is 19.6 Å². The van der Waals surface area contributed by atoms with Crippen molar-refractivity contribution >= 4 is 8.07 Å². The molecule has 1 aromatic rings. The summed E-state index contributed by atoms with van der Waals surface area (Å²) in [5.41, 5.74) is 4.02. The number of rotatable bonds is 4. The van der Waals surface area contributed by atoms with Gasteiger partial charge in [-0.25, -0.2) is 0 Å². The van der Waals surface area contributed by atoms with Gasteiger partial charge in [0.1, 0.15) is 0 Å². The molecule has 0 N–H and O–H groups in total.